The van der Waals surface area contributed by atoms with Crippen molar-refractivity contribution in [2.24, 2.45) is 5.92 Å². The Bertz CT molecular complexity index is 1110. The number of aliphatic hydroxyl groups is 1. The number of anilines is 2. The van der Waals surface area contributed by atoms with Crippen molar-refractivity contribution in [3.05, 3.63) is 41.9 Å². The molecular weight excluding hydrogens is 390 g/mol. The average Bonchev–Trinajstić information content (AvgIpc) is 3.28. The number of hydrogen-bond donors (Lipinski definition) is 3. The Kier molecular flexibility index (Phi) is 5.30. The molecule has 8 heteroatoms. The average molecular weight is 418 g/mol. The maximum Gasteiger partial charge on any atom is 0.153 e. The lowest BCUT2D eigenvalue weighted by atomic mass is 9.84. The van der Waals surface area contributed by atoms with Crippen LogP contribution in [0.1, 0.15) is 49.6 Å². The summed E-state index contributed by atoms with van der Waals surface area (Å²) in [5, 5.41) is 31.7. The summed E-state index contributed by atoms with van der Waals surface area (Å²) in [5.41, 5.74) is 2.44. The highest BCUT2D eigenvalue weighted by Crippen LogP contribution is 2.44. The number of aromatic amines is 1. The molecule has 4 atom stereocenters. The SMILES string of the molecule is Cc1cc(Nc2cc3ncccc3c(C(O)[C@@H]3C[C@H]4CC[C@@H](C3)N4CCC#N)n2)n[nH]1. The van der Waals surface area contributed by atoms with Crippen LogP contribution in [0.4, 0.5) is 11.6 Å². The summed E-state index contributed by atoms with van der Waals surface area (Å²) in [6.45, 7) is 2.78. The molecule has 5 rings (SSSR count). The topological polar surface area (TPSA) is 114 Å². The lowest BCUT2D eigenvalue weighted by molar-refractivity contribution is 0.0243. The molecular formula is C23H27N7O. The van der Waals surface area contributed by atoms with Gasteiger partial charge in [0.2, 0.25) is 0 Å². The Balaban J connectivity index is 1.43. The van der Waals surface area contributed by atoms with Gasteiger partial charge in [-0.05, 0) is 50.7 Å². The zero-order valence-corrected chi connectivity index (χ0v) is 17.6. The molecule has 1 unspecified atom stereocenters. The molecule has 31 heavy (non-hydrogen) atoms. The Morgan fingerprint density at radius 3 is 2.81 bits per heavy atom. The van der Waals surface area contributed by atoms with Crippen LogP contribution in [0.15, 0.2) is 30.5 Å². The van der Waals surface area contributed by atoms with Gasteiger partial charge >= 0.3 is 0 Å². The number of piperidine rings is 1. The first-order valence-electron chi connectivity index (χ1n) is 11.0. The fourth-order valence-electron chi connectivity index (χ4n) is 5.35. The second-order valence-corrected chi connectivity index (χ2v) is 8.73. The molecule has 0 saturated carbocycles. The van der Waals surface area contributed by atoms with Gasteiger partial charge in [-0.25, -0.2) is 4.98 Å². The minimum Gasteiger partial charge on any atom is -0.386 e. The van der Waals surface area contributed by atoms with Gasteiger partial charge in [-0.3, -0.25) is 15.0 Å². The van der Waals surface area contributed by atoms with Gasteiger partial charge in [0.05, 0.1) is 23.4 Å². The van der Waals surface area contributed by atoms with Gasteiger partial charge < -0.3 is 10.4 Å². The number of aryl methyl sites for hydroxylation is 1. The number of pyridine rings is 2. The molecule has 0 aliphatic carbocycles. The molecule has 3 aromatic heterocycles. The first-order chi connectivity index (χ1) is 15.1. The number of nitrogens with one attached hydrogen (secondary N) is 2. The molecule has 2 aliphatic heterocycles. The smallest absolute Gasteiger partial charge is 0.153 e. The van der Waals surface area contributed by atoms with Crippen molar-refractivity contribution in [2.45, 2.75) is 57.2 Å². The Hall–Kier alpha value is -3.02. The monoisotopic (exact) mass is 417 g/mol. The van der Waals surface area contributed by atoms with E-state index in [-0.39, 0.29) is 5.92 Å². The van der Waals surface area contributed by atoms with E-state index in [0.29, 0.717) is 35.8 Å². The van der Waals surface area contributed by atoms with Crippen LogP contribution in [0.2, 0.25) is 0 Å². The minimum absolute atomic E-state index is 0.148. The molecule has 0 radical (unpaired) electrons. The Labute approximate surface area is 181 Å². The van der Waals surface area contributed by atoms with E-state index in [9.17, 15) is 5.11 Å². The van der Waals surface area contributed by atoms with Crippen molar-refractivity contribution >= 4 is 22.5 Å². The van der Waals surface area contributed by atoms with Gasteiger partial charge in [-0.1, -0.05) is 0 Å². The van der Waals surface area contributed by atoms with Gasteiger partial charge in [0, 0.05) is 54.5 Å². The maximum absolute atomic E-state index is 11.5. The first kappa shape index (κ1) is 19.9. The molecule has 0 amide bonds. The molecule has 160 valence electrons. The fourth-order valence-corrected chi connectivity index (χ4v) is 5.35. The van der Waals surface area contributed by atoms with Crippen molar-refractivity contribution < 1.29 is 5.11 Å². The highest BCUT2D eigenvalue weighted by atomic mass is 16.3. The summed E-state index contributed by atoms with van der Waals surface area (Å²) < 4.78 is 0. The Morgan fingerprint density at radius 1 is 1.29 bits per heavy atom. The zero-order valence-electron chi connectivity index (χ0n) is 17.6. The van der Waals surface area contributed by atoms with Gasteiger partial charge in [0.1, 0.15) is 5.82 Å². The predicted octanol–water partition coefficient (Wildman–Crippen LogP) is 3.60. The molecule has 2 aliphatic rings. The van der Waals surface area contributed by atoms with E-state index in [1.165, 1.54) is 0 Å². The van der Waals surface area contributed by atoms with Crippen LogP contribution in [0.3, 0.4) is 0 Å². The molecule has 3 aromatic rings. The van der Waals surface area contributed by atoms with Crippen molar-refractivity contribution in [3.8, 4) is 6.07 Å². The van der Waals surface area contributed by atoms with E-state index in [1.807, 2.05) is 31.2 Å². The van der Waals surface area contributed by atoms with Crippen molar-refractivity contribution in [1.82, 2.24) is 25.1 Å². The van der Waals surface area contributed by atoms with Crippen LogP contribution in [-0.4, -0.2) is 48.8 Å². The van der Waals surface area contributed by atoms with Gasteiger partial charge in [0.25, 0.3) is 0 Å². The normalized spacial score (nSPS) is 24.2. The molecule has 8 nitrogen and oxygen atoms in total. The Morgan fingerprint density at radius 2 is 2.10 bits per heavy atom. The van der Waals surface area contributed by atoms with Crippen molar-refractivity contribution in [1.29, 1.82) is 5.26 Å². The predicted molar refractivity (Wildman–Crippen MR) is 118 cm³/mol. The zero-order chi connectivity index (χ0) is 21.4. The van der Waals surface area contributed by atoms with Crippen LogP contribution in [0.5, 0.6) is 0 Å². The second kappa shape index (κ2) is 8.25. The van der Waals surface area contributed by atoms with E-state index < -0.39 is 6.10 Å². The number of rotatable bonds is 6. The summed E-state index contributed by atoms with van der Waals surface area (Å²) in [4.78, 5) is 11.8. The summed E-state index contributed by atoms with van der Waals surface area (Å²) >= 11 is 0. The highest BCUT2D eigenvalue weighted by molar-refractivity contribution is 5.84. The van der Waals surface area contributed by atoms with Crippen LogP contribution in [0.25, 0.3) is 10.9 Å². The summed E-state index contributed by atoms with van der Waals surface area (Å²) in [6.07, 6.45) is 5.83. The summed E-state index contributed by atoms with van der Waals surface area (Å²) in [6, 6.07) is 10.8. The number of aromatic nitrogens is 4. The van der Waals surface area contributed by atoms with Crippen LogP contribution in [-0.2, 0) is 0 Å². The summed E-state index contributed by atoms with van der Waals surface area (Å²) in [5.74, 6) is 1.46. The van der Waals surface area contributed by atoms with Crippen LogP contribution in [0, 0.1) is 24.2 Å². The second-order valence-electron chi connectivity index (χ2n) is 8.73. The lowest BCUT2D eigenvalue weighted by Gasteiger charge is -2.40. The number of H-pyrrole nitrogens is 1. The third kappa shape index (κ3) is 3.87. The number of aliphatic hydroxyl groups excluding tert-OH is 1. The molecule has 2 saturated heterocycles. The number of hydrogen-bond acceptors (Lipinski definition) is 7. The fraction of sp³-hybridized carbons (Fsp3) is 0.478. The van der Waals surface area contributed by atoms with Crippen molar-refractivity contribution in [2.75, 3.05) is 11.9 Å². The van der Waals surface area contributed by atoms with E-state index in [4.69, 9.17) is 10.2 Å². The molecule has 0 spiro atoms. The largest absolute Gasteiger partial charge is 0.386 e. The van der Waals surface area contributed by atoms with E-state index in [1.54, 1.807) is 6.20 Å². The third-order valence-electron chi connectivity index (χ3n) is 6.72. The lowest BCUT2D eigenvalue weighted by Crippen LogP contribution is -2.44. The minimum atomic E-state index is -0.657. The van der Waals surface area contributed by atoms with Gasteiger partial charge in [-0.2, -0.15) is 10.4 Å². The van der Waals surface area contributed by atoms with Crippen LogP contribution < -0.4 is 5.32 Å². The number of nitriles is 1. The van der Waals surface area contributed by atoms with Gasteiger partial charge in [-0.15, -0.1) is 0 Å². The van der Waals surface area contributed by atoms with Crippen molar-refractivity contribution in [3.63, 3.8) is 0 Å². The van der Waals surface area contributed by atoms with Gasteiger partial charge in [0.15, 0.2) is 5.82 Å². The molecule has 5 heterocycles. The maximum atomic E-state index is 11.5. The molecule has 3 N–H and O–H groups in total. The van der Waals surface area contributed by atoms with E-state index >= 15 is 0 Å². The molecule has 2 fully saturated rings. The highest BCUT2D eigenvalue weighted by Gasteiger charge is 2.43. The number of nitrogens with zero attached hydrogens (tertiary/aromatic N) is 5. The standard InChI is InChI=1S/C23H27N7O/c1-14-10-21(29-28-14)26-20-13-19-18(4-2-8-25-19)22(27-20)23(31)15-11-16-5-6-17(12-15)30(16)9-3-7-24/h2,4,8,10,13,15-17,23,31H,3,5-6,9,11-12H2,1H3,(H2,26,27,28,29)/t15-,16-,17+,23?. The van der Waals surface area contributed by atoms with Crippen LogP contribution >= 0.6 is 0 Å². The van der Waals surface area contributed by atoms with E-state index in [0.717, 1.165) is 48.8 Å². The third-order valence-corrected chi connectivity index (χ3v) is 6.72. The molecule has 2 bridgehead atoms. The molecule has 0 aromatic carbocycles. The first-order valence-corrected chi connectivity index (χ1v) is 11.0. The number of fused-ring (bicyclic) bond motifs is 3. The van der Waals surface area contributed by atoms with E-state index in [2.05, 4.69) is 31.5 Å². The quantitative estimate of drug-likeness (QED) is 0.561. The summed E-state index contributed by atoms with van der Waals surface area (Å²) in [7, 11) is 0.